The van der Waals surface area contributed by atoms with E-state index in [1.165, 1.54) is 12.1 Å². The minimum absolute atomic E-state index is 0.200. The molecule has 1 aromatic heterocycles. The Morgan fingerprint density at radius 2 is 1.92 bits per heavy atom. The molecule has 2 aromatic carbocycles. The van der Waals surface area contributed by atoms with Gasteiger partial charge in [-0.2, -0.15) is 0 Å². The average molecular weight is 339 g/mol. The summed E-state index contributed by atoms with van der Waals surface area (Å²) >= 11 is 0. The lowest BCUT2D eigenvalue weighted by Gasteiger charge is -2.31. The van der Waals surface area contributed by atoms with Crippen LogP contribution in [0, 0.1) is 5.82 Å². The number of hydrogen-bond donors (Lipinski definition) is 1. The van der Waals surface area contributed by atoms with Crippen LogP contribution in [0.5, 0.6) is 0 Å². The van der Waals surface area contributed by atoms with Gasteiger partial charge in [0.2, 0.25) is 0 Å². The molecule has 3 aromatic rings. The van der Waals surface area contributed by atoms with Crippen LogP contribution in [0.1, 0.15) is 30.3 Å². The zero-order chi connectivity index (χ0) is 17.2. The normalized spacial score (nSPS) is 17.8. The number of nitrogens with zero attached hydrogens (tertiary/aromatic N) is 2. The van der Waals surface area contributed by atoms with E-state index in [9.17, 15) is 4.39 Å². The van der Waals surface area contributed by atoms with Crippen LogP contribution in [0.3, 0.4) is 0 Å². The number of imidazole rings is 1. The summed E-state index contributed by atoms with van der Waals surface area (Å²) in [5.41, 5.74) is 2.51. The Kier molecular flexibility index (Phi) is 4.51. The van der Waals surface area contributed by atoms with Gasteiger partial charge in [-0.15, -0.1) is 0 Å². The number of nitrogens with one attached hydrogen (secondary N) is 1. The molecule has 1 saturated heterocycles. The molecule has 25 heavy (non-hydrogen) atoms. The molecule has 5 heteroatoms. The van der Waals surface area contributed by atoms with E-state index in [0.717, 1.165) is 42.8 Å². The highest BCUT2D eigenvalue weighted by Crippen LogP contribution is 2.29. The van der Waals surface area contributed by atoms with Crippen molar-refractivity contribution in [3.8, 4) is 0 Å². The van der Waals surface area contributed by atoms with Crippen LogP contribution >= 0.6 is 0 Å². The van der Waals surface area contributed by atoms with Gasteiger partial charge in [-0.05, 0) is 43.7 Å². The van der Waals surface area contributed by atoms with Gasteiger partial charge in [0, 0.05) is 13.1 Å². The van der Waals surface area contributed by atoms with Crippen molar-refractivity contribution in [2.45, 2.75) is 25.0 Å². The maximum Gasteiger partial charge on any atom is 0.141 e. The third kappa shape index (κ3) is 3.57. The fourth-order valence-electron chi connectivity index (χ4n) is 3.37. The van der Waals surface area contributed by atoms with Crippen LogP contribution in [-0.2, 0) is 4.74 Å². The molecule has 0 saturated carbocycles. The number of aromatic nitrogens is 2. The molecule has 0 amide bonds. The first-order chi connectivity index (χ1) is 12.2. The highest BCUT2D eigenvalue weighted by Gasteiger charge is 2.25. The average Bonchev–Trinajstić information content (AvgIpc) is 3.04. The molecule has 4 nitrogen and oxygen atoms in total. The minimum Gasteiger partial charge on any atom is -0.362 e. The molecule has 130 valence electrons. The summed E-state index contributed by atoms with van der Waals surface area (Å²) in [7, 11) is 2.14. The van der Waals surface area contributed by atoms with Crippen molar-refractivity contribution in [2.24, 2.45) is 0 Å². The quantitative estimate of drug-likeness (QED) is 0.784. The fraction of sp³-hybridized carbons (Fsp3) is 0.350. The molecular formula is C20H22FN3O. The van der Waals surface area contributed by atoms with E-state index in [0.29, 0.717) is 5.52 Å². The van der Waals surface area contributed by atoms with Crippen LogP contribution in [0.15, 0.2) is 48.5 Å². The molecule has 0 aliphatic carbocycles. The molecule has 2 heterocycles. The minimum atomic E-state index is -0.273. The number of hydrogen-bond acceptors (Lipinski definition) is 3. The predicted octanol–water partition coefficient (Wildman–Crippen LogP) is 3.90. The van der Waals surface area contributed by atoms with E-state index >= 15 is 0 Å². The number of rotatable bonds is 4. The van der Waals surface area contributed by atoms with Gasteiger partial charge in [-0.25, -0.2) is 9.37 Å². The van der Waals surface area contributed by atoms with Crippen molar-refractivity contribution in [1.82, 2.24) is 14.9 Å². The van der Waals surface area contributed by atoms with Crippen LogP contribution in [0.4, 0.5) is 4.39 Å². The standard InChI is InChI=1S/C20H22FN3O/c1-24-11-9-16(10-12-24)25-19(14-5-3-2-4-6-14)20-22-17-8-7-15(21)13-18(17)23-20/h2-8,13,16,19H,9-12H2,1H3,(H,22,23). The Morgan fingerprint density at radius 3 is 2.68 bits per heavy atom. The van der Waals surface area contributed by atoms with Crippen molar-refractivity contribution < 1.29 is 9.13 Å². The summed E-state index contributed by atoms with van der Waals surface area (Å²) < 4.78 is 20.0. The maximum atomic E-state index is 13.5. The molecule has 4 rings (SSSR count). The lowest BCUT2D eigenvalue weighted by Crippen LogP contribution is -2.35. The highest BCUT2D eigenvalue weighted by molar-refractivity contribution is 5.75. The second-order valence-corrected chi connectivity index (χ2v) is 6.71. The number of ether oxygens (including phenoxy) is 1. The van der Waals surface area contributed by atoms with Crippen molar-refractivity contribution in [2.75, 3.05) is 20.1 Å². The van der Waals surface area contributed by atoms with Gasteiger partial charge in [0.15, 0.2) is 0 Å². The van der Waals surface area contributed by atoms with Gasteiger partial charge in [0.25, 0.3) is 0 Å². The molecule has 1 aliphatic heterocycles. The first-order valence-electron chi connectivity index (χ1n) is 8.73. The monoisotopic (exact) mass is 339 g/mol. The van der Waals surface area contributed by atoms with E-state index < -0.39 is 0 Å². The number of aromatic amines is 1. The van der Waals surface area contributed by atoms with Crippen molar-refractivity contribution in [3.05, 3.63) is 65.7 Å². The van der Waals surface area contributed by atoms with Gasteiger partial charge in [-0.3, -0.25) is 0 Å². The number of H-pyrrole nitrogens is 1. The van der Waals surface area contributed by atoms with Crippen LogP contribution in [0.2, 0.25) is 0 Å². The number of piperidine rings is 1. The third-order valence-corrected chi connectivity index (χ3v) is 4.81. The summed E-state index contributed by atoms with van der Waals surface area (Å²) in [5.74, 6) is 0.459. The second kappa shape index (κ2) is 6.94. The largest absolute Gasteiger partial charge is 0.362 e. The number of likely N-dealkylation sites (tertiary alicyclic amines) is 1. The smallest absolute Gasteiger partial charge is 0.141 e. The molecule has 1 fully saturated rings. The fourth-order valence-corrected chi connectivity index (χ4v) is 3.37. The topological polar surface area (TPSA) is 41.1 Å². The van der Waals surface area contributed by atoms with Crippen LogP contribution in [-0.4, -0.2) is 41.1 Å². The Hall–Kier alpha value is -2.24. The van der Waals surface area contributed by atoms with E-state index in [4.69, 9.17) is 4.74 Å². The Labute approximate surface area is 146 Å². The molecule has 1 atom stereocenters. The zero-order valence-electron chi connectivity index (χ0n) is 14.3. The first kappa shape index (κ1) is 16.2. The van der Waals surface area contributed by atoms with Crippen molar-refractivity contribution >= 4 is 11.0 Å². The van der Waals surface area contributed by atoms with Gasteiger partial charge in [-0.1, -0.05) is 30.3 Å². The predicted molar refractivity (Wildman–Crippen MR) is 95.9 cm³/mol. The highest BCUT2D eigenvalue weighted by atomic mass is 19.1. The zero-order valence-corrected chi connectivity index (χ0v) is 14.3. The van der Waals surface area contributed by atoms with Gasteiger partial charge in [0.1, 0.15) is 17.7 Å². The number of fused-ring (bicyclic) bond motifs is 1. The summed E-state index contributed by atoms with van der Waals surface area (Å²) in [4.78, 5) is 10.2. The summed E-state index contributed by atoms with van der Waals surface area (Å²) in [6.45, 7) is 2.08. The first-order valence-corrected chi connectivity index (χ1v) is 8.73. The van der Waals surface area contributed by atoms with E-state index in [-0.39, 0.29) is 18.0 Å². The van der Waals surface area contributed by atoms with E-state index in [1.54, 1.807) is 6.07 Å². The number of benzene rings is 2. The lowest BCUT2D eigenvalue weighted by molar-refractivity contribution is -0.0264. The van der Waals surface area contributed by atoms with Crippen LogP contribution < -0.4 is 0 Å². The molecule has 1 N–H and O–H groups in total. The van der Waals surface area contributed by atoms with Gasteiger partial charge in [0.05, 0.1) is 17.1 Å². The number of halogens is 1. The molecule has 1 aliphatic rings. The summed E-state index contributed by atoms with van der Waals surface area (Å²) in [5, 5.41) is 0. The second-order valence-electron chi connectivity index (χ2n) is 6.71. The molecule has 0 bridgehead atoms. The van der Waals surface area contributed by atoms with E-state index in [1.807, 2.05) is 30.3 Å². The summed E-state index contributed by atoms with van der Waals surface area (Å²) in [6, 6.07) is 14.7. The van der Waals surface area contributed by atoms with Crippen molar-refractivity contribution in [1.29, 1.82) is 0 Å². The molecule has 0 radical (unpaired) electrons. The Morgan fingerprint density at radius 1 is 1.16 bits per heavy atom. The Balaban J connectivity index is 1.66. The SMILES string of the molecule is CN1CCC(OC(c2ccccc2)c2nc3ccc(F)cc3[nH]2)CC1. The van der Waals surface area contributed by atoms with E-state index in [2.05, 4.69) is 21.9 Å². The van der Waals surface area contributed by atoms with Crippen molar-refractivity contribution in [3.63, 3.8) is 0 Å². The van der Waals surface area contributed by atoms with Gasteiger partial charge < -0.3 is 14.6 Å². The molecular weight excluding hydrogens is 317 g/mol. The maximum absolute atomic E-state index is 13.5. The van der Waals surface area contributed by atoms with Gasteiger partial charge >= 0.3 is 0 Å². The van der Waals surface area contributed by atoms with Crippen LogP contribution in [0.25, 0.3) is 11.0 Å². The molecule has 1 unspecified atom stereocenters. The Bertz CT molecular complexity index is 841. The lowest BCUT2D eigenvalue weighted by atomic mass is 10.1. The summed E-state index contributed by atoms with van der Waals surface area (Å²) in [6.07, 6.45) is 1.94. The molecule has 0 spiro atoms. The third-order valence-electron chi connectivity index (χ3n) is 4.81.